The Bertz CT molecular complexity index is 504. The Morgan fingerprint density at radius 3 is 2.44 bits per heavy atom. The molecule has 0 radical (unpaired) electrons. The zero-order valence-electron chi connectivity index (χ0n) is 11.7. The van der Waals surface area contributed by atoms with Gasteiger partial charge in [-0.05, 0) is 6.42 Å². The summed E-state index contributed by atoms with van der Waals surface area (Å²) in [6.07, 6.45) is 4.23. The van der Waals surface area contributed by atoms with Crippen LogP contribution in [0.4, 0.5) is 0 Å². The second-order valence-corrected chi connectivity index (χ2v) is 6.38. The molecular weight excluding hydrogens is 228 g/mol. The second kappa shape index (κ2) is 4.26. The van der Waals surface area contributed by atoms with Gasteiger partial charge in [0.05, 0.1) is 11.9 Å². The van der Waals surface area contributed by atoms with E-state index in [1.165, 1.54) is 0 Å². The third kappa shape index (κ3) is 2.47. The maximum Gasteiger partial charge on any atom is 0.142 e. The summed E-state index contributed by atoms with van der Waals surface area (Å²) < 4.78 is 10.4. The first-order valence-electron chi connectivity index (χ1n) is 6.15. The zero-order chi connectivity index (χ0) is 13.4. The van der Waals surface area contributed by atoms with Crippen LogP contribution in [-0.2, 0) is 17.3 Å². The number of nitrogens with zero attached hydrogens (tertiary/aromatic N) is 2. The third-order valence-corrected chi connectivity index (χ3v) is 3.09. The Kier molecular flexibility index (Phi) is 3.05. The Balaban J connectivity index is 2.28. The molecule has 0 fully saturated rings. The molecule has 2 rings (SSSR count). The summed E-state index contributed by atoms with van der Waals surface area (Å²) in [6.45, 7) is 10.7. The Morgan fingerprint density at radius 2 is 1.89 bits per heavy atom. The van der Waals surface area contributed by atoms with Crippen molar-refractivity contribution in [2.24, 2.45) is 0 Å². The first kappa shape index (κ1) is 12.9. The summed E-state index contributed by atoms with van der Waals surface area (Å²) in [4.78, 5) is 0. The minimum Gasteiger partial charge on any atom is -0.364 e. The van der Waals surface area contributed by atoms with Gasteiger partial charge in [-0.25, -0.2) is 0 Å². The van der Waals surface area contributed by atoms with E-state index in [-0.39, 0.29) is 10.8 Å². The van der Waals surface area contributed by atoms with Crippen molar-refractivity contribution in [3.8, 4) is 0 Å². The van der Waals surface area contributed by atoms with Crippen molar-refractivity contribution in [3.05, 3.63) is 35.5 Å². The Labute approximate surface area is 107 Å². The van der Waals surface area contributed by atoms with Gasteiger partial charge in [0.15, 0.2) is 0 Å². The molecule has 4 nitrogen and oxygen atoms in total. The van der Waals surface area contributed by atoms with Gasteiger partial charge in [0.25, 0.3) is 0 Å². The van der Waals surface area contributed by atoms with Crippen molar-refractivity contribution >= 4 is 0 Å². The Morgan fingerprint density at radius 1 is 1.17 bits per heavy atom. The molecule has 0 aliphatic heterocycles. The molecule has 0 aliphatic rings. The van der Waals surface area contributed by atoms with E-state index in [0.29, 0.717) is 0 Å². The van der Waals surface area contributed by atoms with Gasteiger partial charge in [0, 0.05) is 22.5 Å². The van der Waals surface area contributed by atoms with Crippen molar-refractivity contribution in [3.63, 3.8) is 0 Å². The molecule has 0 amide bonds. The minimum absolute atomic E-state index is 0.0141. The highest BCUT2D eigenvalue weighted by atomic mass is 16.5. The number of aromatic nitrogens is 2. The average molecular weight is 248 g/mol. The van der Waals surface area contributed by atoms with Gasteiger partial charge >= 0.3 is 0 Å². The predicted molar refractivity (Wildman–Crippen MR) is 68.4 cm³/mol. The molecule has 18 heavy (non-hydrogen) atoms. The molecule has 0 unspecified atom stereocenters. The molecule has 98 valence electrons. The first-order valence-corrected chi connectivity index (χ1v) is 6.15. The van der Waals surface area contributed by atoms with Crippen molar-refractivity contribution in [2.45, 2.75) is 51.9 Å². The van der Waals surface area contributed by atoms with Gasteiger partial charge < -0.3 is 9.05 Å². The highest BCUT2D eigenvalue weighted by Gasteiger charge is 2.30. The summed E-state index contributed by atoms with van der Waals surface area (Å²) in [6, 6.07) is 1.91. The molecule has 2 aromatic heterocycles. The number of hydrogen-bond acceptors (Lipinski definition) is 4. The third-order valence-electron chi connectivity index (χ3n) is 3.09. The maximum absolute atomic E-state index is 5.27. The molecule has 2 aromatic rings. The molecule has 0 saturated carbocycles. The molecule has 0 spiro atoms. The van der Waals surface area contributed by atoms with Crippen LogP contribution < -0.4 is 0 Å². The van der Waals surface area contributed by atoms with Crippen LogP contribution in [0.2, 0.25) is 0 Å². The van der Waals surface area contributed by atoms with Gasteiger partial charge in [-0.3, -0.25) is 0 Å². The van der Waals surface area contributed by atoms with E-state index in [4.69, 9.17) is 9.05 Å². The maximum atomic E-state index is 5.27. The molecule has 0 aromatic carbocycles. The first-order chi connectivity index (χ1) is 8.31. The number of rotatable bonds is 3. The normalized spacial score (nSPS) is 12.9. The molecule has 0 atom stereocenters. The molecule has 0 saturated heterocycles. The molecule has 0 bridgehead atoms. The van der Waals surface area contributed by atoms with E-state index >= 15 is 0 Å². The molecule has 0 N–H and O–H groups in total. The van der Waals surface area contributed by atoms with Gasteiger partial charge in [0.2, 0.25) is 0 Å². The van der Waals surface area contributed by atoms with E-state index in [1.54, 1.807) is 12.5 Å². The van der Waals surface area contributed by atoms with Crippen LogP contribution in [0.1, 0.15) is 51.6 Å². The van der Waals surface area contributed by atoms with Crippen molar-refractivity contribution in [1.29, 1.82) is 0 Å². The fourth-order valence-corrected chi connectivity index (χ4v) is 2.13. The van der Waals surface area contributed by atoms with E-state index in [9.17, 15) is 0 Å². The predicted octanol–water partition coefficient (Wildman–Crippen LogP) is 3.48. The lowest BCUT2D eigenvalue weighted by Gasteiger charge is -2.23. The van der Waals surface area contributed by atoms with Crippen LogP contribution in [0.25, 0.3) is 0 Å². The number of hydrogen-bond donors (Lipinski definition) is 0. The van der Waals surface area contributed by atoms with Gasteiger partial charge in [-0.15, -0.1) is 0 Å². The van der Waals surface area contributed by atoms with Crippen molar-refractivity contribution in [1.82, 2.24) is 10.3 Å². The SMILES string of the molecule is CC(C)(C)c1nocc1CC(C)(C)c1ccno1. The highest BCUT2D eigenvalue weighted by molar-refractivity contribution is 5.26. The van der Waals surface area contributed by atoms with Crippen LogP contribution in [-0.4, -0.2) is 10.3 Å². The van der Waals surface area contributed by atoms with E-state index < -0.39 is 0 Å². The molecule has 2 heterocycles. The Hall–Kier alpha value is -1.58. The highest BCUT2D eigenvalue weighted by Crippen LogP contribution is 2.32. The monoisotopic (exact) mass is 248 g/mol. The standard InChI is InChI=1S/C14H20N2O2/c1-13(2,3)12-10(9-17-16-12)8-14(4,5)11-6-7-15-18-11/h6-7,9H,8H2,1-5H3. The summed E-state index contributed by atoms with van der Waals surface area (Å²) in [5.74, 6) is 0.878. The van der Waals surface area contributed by atoms with Crippen LogP contribution in [0, 0.1) is 0 Å². The molecular formula is C14H20N2O2. The largest absolute Gasteiger partial charge is 0.364 e. The van der Waals surface area contributed by atoms with Crippen LogP contribution in [0.5, 0.6) is 0 Å². The summed E-state index contributed by atoms with van der Waals surface area (Å²) in [7, 11) is 0. The zero-order valence-corrected chi connectivity index (χ0v) is 11.7. The van der Waals surface area contributed by atoms with Crippen LogP contribution >= 0.6 is 0 Å². The minimum atomic E-state index is -0.123. The molecule has 0 aliphatic carbocycles. The lowest BCUT2D eigenvalue weighted by molar-refractivity contribution is 0.313. The summed E-state index contributed by atoms with van der Waals surface area (Å²) in [5, 5.41) is 7.91. The average Bonchev–Trinajstić information content (AvgIpc) is 2.83. The smallest absolute Gasteiger partial charge is 0.142 e. The van der Waals surface area contributed by atoms with Crippen molar-refractivity contribution in [2.75, 3.05) is 0 Å². The lowest BCUT2D eigenvalue weighted by Crippen LogP contribution is -2.22. The summed E-state index contributed by atoms with van der Waals surface area (Å²) in [5.41, 5.74) is 2.00. The van der Waals surface area contributed by atoms with Crippen LogP contribution in [0.15, 0.2) is 27.6 Å². The van der Waals surface area contributed by atoms with E-state index in [2.05, 4.69) is 44.9 Å². The second-order valence-electron chi connectivity index (χ2n) is 6.38. The quantitative estimate of drug-likeness (QED) is 0.834. The topological polar surface area (TPSA) is 52.1 Å². The van der Waals surface area contributed by atoms with Gasteiger partial charge in [0.1, 0.15) is 12.0 Å². The summed E-state index contributed by atoms with van der Waals surface area (Å²) >= 11 is 0. The van der Waals surface area contributed by atoms with Crippen LogP contribution in [0.3, 0.4) is 0 Å². The van der Waals surface area contributed by atoms with Gasteiger partial charge in [-0.1, -0.05) is 44.9 Å². The fourth-order valence-electron chi connectivity index (χ4n) is 2.13. The lowest BCUT2D eigenvalue weighted by atomic mass is 9.80. The van der Waals surface area contributed by atoms with E-state index in [0.717, 1.165) is 23.4 Å². The van der Waals surface area contributed by atoms with E-state index in [1.807, 2.05) is 6.07 Å². The van der Waals surface area contributed by atoms with Crippen molar-refractivity contribution < 1.29 is 9.05 Å². The fraction of sp³-hybridized carbons (Fsp3) is 0.571. The van der Waals surface area contributed by atoms with Gasteiger partial charge in [-0.2, -0.15) is 0 Å². The molecule has 4 heteroatoms.